The van der Waals surface area contributed by atoms with Gasteiger partial charge in [0.15, 0.2) is 0 Å². The number of nitrogens with zero attached hydrogens (tertiary/aromatic N) is 2. The summed E-state index contributed by atoms with van der Waals surface area (Å²) in [6.45, 7) is 6.04. The lowest BCUT2D eigenvalue weighted by molar-refractivity contribution is -0.133. The summed E-state index contributed by atoms with van der Waals surface area (Å²) in [5, 5.41) is 0.648. The van der Waals surface area contributed by atoms with Crippen molar-refractivity contribution in [2.75, 3.05) is 16.6 Å². The minimum Gasteiger partial charge on any atom is -0.593 e. The summed E-state index contributed by atoms with van der Waals surface area (Å²) >= 11 is 4.79. The zero-order valence-electron chi connectivity index (χ0n) is 19.3. The van der Waals surface area contributed by atoms with Crippen LogP contribution >= 0.6 is 11.6 Å². The van der Waals surface area contributed by atoms with Crippen LogP contribution in [0.4, 0.5) is 10.1 Å². The molecule has 1 aliphatic heterocycles. The molecule has 2 aliphatic rings. The number of benzene rings is 2. The Morgan fingerprint density at radius 2 is 2.03 bits per heavy atom. The van der Waals surface area contributed by atoms with Gasteiger partial charge in [0.05, 0.1) is 35.7 Å². The molecule has 0 N–H and O–H groups in total. The zero-order chi connectivity index (χ0) is 24.2. The molecule has 2 aromatic rings. The third-order valence-corrected chi connectivity index (χ3v) is 8.11. The van der Waals surface area contributed by atoms with Crippen molar-refractivity contribution in [3.05, 3.63) is 89.2 Å². The van der Waals surface area contributed by atoms with E-state index in [4.69, 9.17) is 11.6 Å². The fraction of sp³-hybridized carbons (Fsp3) is 0.370. The Kier molecular flexibility index (Phi) is 8.02. The molecule has 4 nitrogen and oxygen atoms in total. The average Bonchev–Trinajstić information content (AvgIpc) is 3.67. The lowest BCUT2D eigenvalue weighted by Crippen LogP contribution is -2.52. The van der Waals surface area contributed by atoms with Crippen LogP contribution in [0.1, 0.15) is 44.2 Å². The highest BCUT2D eigenvalue weighted by molar-refractivity contribution is 7.92. The Hall–Kier alpha value is -2.28. The van der Waals surface area contributed by atoms with Crippen LogP contribution in [0.2, 0.25) is 5.02 Å². The number of rotatable bonds is 10. The van der Waals surface area contributed by atoms with Crippen LogP contribution in [-0.4, -0.2) is 33.7 Å². The van der Waals surface area contributed by atoms with Gasteiger partial charge in [0.2, 0.25) is 0 Å². The SMILES string of the molecule is C=CCC1=CCC(c2ccc(Cl)cc2)N(C(CN(c2cccc(F)c2)[S+]([O-])CC)C2CC2)C1=O. The fourth-order valence-corrected chi connectivity index (χ4v) is 5.77. The molecule has 1 heterocycles. The monoisotopic (exact) mass is 500 g/mol. The van der Waals surface area contributed by atoms with Gasteiger partial charge in [0.1, 0.15) is 11.6 Å². The van der Waals surface area contributed by atoms with Gasteiger partial charge < -0.3 is 9.45 Å². The Morgan fingerprint density at radius 3 is 2.65 bits per heavy atom. The molecule has 1 amide bonds. The highest BCUT2D eigenvalue weighted by atomic mass is 35.5. The summed E-state index contributed by atoms with van der Waals surface area (Å²) in [7, 11) is 0. The molecule has 3 unspecified atom stereocenters. The van der Waals surface area contributed by atoms with Gasteiger partial charge in [-0.3, -0.25) is 4.79 Å². The van der Waals surface area contributed by atoms with Crippen LogP contribution in [0.5, 0.6) is 0 Å². The van der Waals surface area contributed by atoms with E-state index in [0.29, 0.717) is 41.8 Å². The minimum atomic E-state index is -1.34. The molecule has 0 bridgehead atoms. The summed E-state index contributed by atoms with van der Waals surface area (Å²) in [5.74, 6) is 0.337. The summed E-state index contributed by atoms with van der Waals surface area (Å²) < 4.78 is 28.9. The maximum atomic E-state index is 14.1. The van der Waals surface area contributed by atoms with Crippen molar-refractivity contribution in [2.45, 2.75) is 44.7 Å². The molecule has 0 spiro atoms. The molecule has 34 heavy (non-hydrogen) atoms. The van der Waals surface area contributed by atoms with Gasteiger partial charge >= 0.3 is 0 Å². The molecule has 4 rings (SSSR count). The first-order chi connectivity index (χ1) is 16.4. The number of amides is 1. The molecule has 1 saturated carbocycles. The summed E-state index contributed by atoms with van der Waals surface area (Å²) in [6, 6.07) is 13.5. The number of carbonyl (C=O) groups excluding carboxylic acids is 1. The van der Waals surface area contributed by atoms with Gasteiger partial charge in [-0.1, -0.05) is 42.0 Å². The second kappa shape index (κ2) is 11.0. The first-order valence-corrected chi connectivity index (χ1v) is 13.4. The number of halogens is 2. The van der Waals surface area contributed by atoms with Crippen molar-refractivity contribution in [2.24, 2.45) is 5.92 Å². The number of allylic oxidation sites excluding steroid dienone is 1. The van der Waals surface area contributed by atoms with E-state index in [0.717, 1.165) is 24.0 Å². The third-order valence-electron chi connectivity index (χ3n) is 6.52. The maximum absolute atomic E-state index is 14.1. The predicted octanol–water partition coefficient (Wildman–Crippen LogP) is 6.22. The van der Waals surface area contributed by atoms with Gasteiger partial charge in [-0.25, -0.2) is 4.39 Å². The van der Waals surface area contributed by atoms with Crippen LogP contribution in [-0.2, 0) is 16.2 Å². The van der Waals surface area contributed by atoms with E-state index in [1.165, 1.54) is 12.1 Å². The van der Waals surface area contributed by atoms with Crippen molar-refractivity contribution in [3.63, 3.8) is 0 Å². The molecule has 0 radical (unpaired) electrons. The maximum Gasteiger partial charge on any atom is 0.250 e. The number of hydrogen-bond acceptors (Lipinski definition) is 3. The van der Waals surface area contributed by atoms with Gasteiger partial charge in [-0.2, -0.15) is 4.31 Å². The molecule has 1 fully saturated rings. The number of carbonyl (C=O) groups is 1. The zero-order valence-corrected chi connectivity index (χ0v) is 20.9. The third kappa shape index (κ3) is 5.51. The molecule has 3 atom stereocenters. The smallest absolute Gasteiger partial charge is 0.250 e. The van der Waals surface area contributed by atoms with Crippen molar-refractivity contribution < 1.29 is 13.7 Å². The highest BCUT2D eigenvalue weighted by Gasteiger charge is 2.45. The highest BCUT2D eigenvalue weighted by Crippen LogP contribution is 2.43. The largest absolute Gasteiger partial charge is 0.593 e. The van der Waals surface area contributed by atoms with Gasteiger partial charge in [0, 0.05) is 16.7 Å². The standard InChI is InChI=1S/C27H30ClFN2O2S/c1-3-6-21-13-16-25(19-11-14-22(28)15-12-19)31(27(21)32)26(20-9-10-20)18-30(34(33)4-2)24-8-5-7-23(29)17-24/h3,5,7-8,11-15,17,20,25-26H,1,4,6,9-10,16,18H2,2H3. The van der Waals surface area contributed by atoms with E-state index in [-0.39, 0.29) is 23.8 Å². The molecule has 180 valence electrons. The van der Waals surface area contributed by atoms with Crippen LogP contribution in [0.15, 0.2) is 72.8 Å². The number of anilines is 1. The van der Waals surface area contributed by atoms with Gasteiger partial charge in [0.25, 0.3) is 5.91 Å². The first-order valence-electron chi connectivity index (χ1n) is 11.7. The molecule has 0 aromatic heterocycles. The van der Waals surface area contributed by atoms with E-state index in [1.807, 2.05) is 42.2 Å². The second-order valence-corrected chi connectivity index (χ2v) is 10.9. The van der Waals surface area contributed by atoms with E-state index in [9.17, 15) is 13.7 Å². The van der Waals surface area contributed by atoms with Gasteiger partial charge in [-0.05, 0) is 68.4 Å². The Morgan fingerprint density at radius 1 is 1.29 bits per heavy atom. The Balaban J connectivity index is 1.73. The van der Waals surface area contributed by atoms with Crippen molar-refractivity contribution in [3.8, 4) is 0 Å². The molecular formula is C27H30ClFN2O2S. The van der Waals surface area contributed by atoms with E-state index < -0.39 is 11.4 Å². The fourth-order valence-electron chi connectivity index (χ4n) is 4.66. The van der Waals surface area contributed by atoms with Crippen LogP contribution < -0.4 is 4.31 Å². The normalized spacial score (nSPS) is 20.0. The Labute approximate surface area is 209 Å². The Bertz CT molecular complexity index is 1060. The molecule has 2 aromatic carbocycles. The summed E-state index contributed by atoms with van der Waals surface area (Å²) in [4.78, 5) is 15.8. The van der Waals surface area contributed by atoms with E-state index >= 15 is 0 Å². The minimum absolute atomic E-state index is 0.00975. The van der Waals surface area contributed by atoms with Crippen molar-refractivity contribution in [1.29, 1.82) is 0 Å². The quantitative estimate of drug-likeness (QED) is 0.287. The molecule has 7 heteroatoms. The van der Waals surface area contributed by atoms with E-state index in [1.54, 1.807) is 22.5 Å². The molecular weight excluding hydrogens is 471 g/mol. The lowest BCUT2D eigenvalue weighted by Gasteiger charge is -2.43. The first kappa shape index (κ1) is 24.8. The van der Waals surface area contributed by atoms with Crippen LogP contribution in [0, 0.1) is 11.7 Å². The van der Waals surface area contributed by atoms with Crippen LogP contribution in [0.25, 0.3) is 0 Å². The topological polar surface area (TPSA) is 46.6 Å². The second-order valence-electron chi connectivity index (χ2n) is 8.79. The number of hydrogen-bond donors (Lipinski definition) is 0. The predicted molar refractivity (Wildman–Crippen MR) is 137 cm³/mol. The van der Waals surface area contributed by atoms with Crippen LogP contribution in [0.3, 0.4) is 0 Å². The molecule has 0 saturated heterocycles. The average molecular weight is 501 g/mol. The van der Waals surface area contributed by atoms with Crippen molar-refractivity contribution >= 4 is 34.6 Å². The van der Waals surface area contributed by atoms with Gasteiger partial charge in [-0.15, -0.1) is 6.58 Å². The van der Waals surface area contributed by atoms with Crippen molar-refractivity contribution in [1.82, 2.24) is 4.90 Å². The lowest BCUT2D eigenvalue weighted by atomic mass is 9.91. The van der Waals surface area contributed by atoms with E-state index in [2.05, 4.69) is 6.58 Å². The summed E-state index contributed by atoms with van der Waals surface area (Å²) in [6.07, 6.45) is 6.99. The molecule has 1 aliphatic carbocycles. The summed E-state index contributed by atoms with van der Waals surface area (Å²) in [5.41, 5.74) is 2.33.